The lowest BCUT2D eigenvalue weighted by Crippen LogP contribution is -2.31. The maximum Gasteiger partial charge on any atom is 0.240 e. The fraction of sp³-hybridized carbons (Fsp3) is 0.316. The molecule has 0 aromatic heterocycles. The summed E-state index contributed by atoms with van der Waals surface area (Å²) in [6.07, 6.45) is 1.76. The van der Waals surface area contributed by atoms with Crippen LogP contribution in [-0.4, -0.2) is 20.4 Å². The zero-order valence-electron chi connectivity index (χ0n) is 14.5. The van der Waals surface area contributed by atoms with E-state index in [0.717, 1.165) is 12.0 Å². The van der Waals surface area contributed by atoms with Gasteiger partial charge in [-0.1, -0.05) is 37.3 Å². The van der Waals surface area contributed by atoms with Crippen molar-refractivity contribution >= 4 is 21.6 Å². The molecule has 1 atom stereocenters. The van der Waals surface area contributed by atoms with Crippen molar-refractivity contribution in [2.45, 2.75) is 44.0 Å². The van der Waals surface area contributed by atoms with Gasteiger partial charge in [0.25, 0.3) is 0 Å². The zero-order chi connectivity index (χ0) is 18.3. The summed E-state index contributed by atoms with van der Waals surface area (Å²) in [5.41, 5.74) is 1.69. The fourth-order valence-electron chi connectivity index (χ4n) is 2.26. The second-order valence-corrected chi connectivity index (χ2v) is 7.70. The van der Waals surface area contributed by atoms with Crippen LogP contribution in [0.25, 0.3) is 0 Å². The molecule has 0 saturated carbocycles. The Labute approximate surface area is 149 Å². The summed E-state index contributed by atoms with van der Waals surface area (Å²) in [5, 5.41) is 2.79. The van der Waals surface area contributed by atoms with Crippen LogP contribution in [0.1, 0.15) is 32.3 Å². The summed E-state index contributed by atoms with van der Waals surface area (Å²) in [7, 11) is -3.53. The minimum atomic E-state index is -3.53. The summed E-state index contributed by atoms with van der Waals surface area (Å²) >= 11 is 0. The smallest absolute Gasteiger partial charge is 0.240 e. The van der Waals surface area contributed by atoms with Crippen LogP contribution >= 0.6 is 0 Å². The number of carbonyl (C=O) groups excluding carboxylic acids is 1. The van der Waals surface area contributed by atoms with E-state index in [1.54, 1.807) is 12.1 Å². The Kier molecular flexibility index (Phi) is 6.73. The number of aryl methyl sites for hydroxylation is 1. The number of sulfonamides is 1. The van der Waals surface area contributed by atoms with E-state index in [0.29, 0.717) is 18.5 Å². The quantitative estimate of drug-likeness (QED) is 0.758. The molecule has 2 rings (SSSR count). The molecule has 5 nitrogen and oxygen atoms in total. The predicted octanol–water partition coefficient (Wildman–Crippen LogP) is 3.33. The summed E-state index contributed by atoms with van der Waals surface area (Å²) in [6.45, 7) is 3.74. The molecule has 0 bridgehead atoms. The highest BCUT2D eigenvalue weighted by Crippen LogP contribution is 2.15. The first-order valence-electron chi connectivity index (χ1n) is 8.37. The lowest BCUT2D eigenvalue weighted by Gasteiger charge is -2.12. The molecular weight excluding hydrogens is 336 g/mol. The van der Waals surface area contributed by atoms with Crippen LogP contribution in [0.2, 0.25) is 0 Å². The van der Waals surface area contributed by atoms with Crippen molar-refractivity contribution in [3.63, 3.8) is 0 Å². The molecule has 0 aliphatic rings. The summed E-state index contributed by atoms with van der Waals surface area (Å²) in [5.74, 6) is -0.0998. The lowest BCUT2D eigenvalue weighted by molar-refractivity contribution is -0.116. The van der Waals surface area contributed by atoms with E-state index in [9.17, 15) is 13.2 Å². The molecule has 2 aromatic rings. The Bertz CT molecular complexity index is 787. The molecule has 0 spiro atoms. The van der Waals surface area contributed by atoms with Gasteiger partial charge in [0.2, 0.25) is 15.9 Å². The van der Waals surface area contributed by atoms with E-state index in [-0.39, 0.29) is 16.8 Å². The van der Waals surface area contributed by atoms with Crippen molar-refractivity contribution in [2.24, 2.45) is 0 Å². The van der Waals surface area contributed by atoms with Gasteiger partial charge in [0.05, 0.1) is 4.90 Å². The molecule has 0 aliphatic heterocycles. The molecule has 1 amide bonds. The van der Waals surface area contributed by atoms with Gasteiger partial charge in [-0.3, -0.25) is 4.79 Å². The van der Waals surface area contributed by atoms with Crippen molar-refractivity contribution in [3.05, 3.63) is 60.2 Å². The highest BCUT2D eigenvalue weighted by Gasteiger charge is 2.16. The maximum atomic E-state index is 12.2. The average Bonchev–Trinajstić information content (AvgIpc) is 2.61. The molecule has 6 heteroatoms. The minimum absolute atomic E-state index is 0.0998. The molecule has 2 aromatic carbocycles. The van der Waals surface area contributed by atoms with Gasteiger partial charge in [-0.25, -0.2) is 13.1 Å². The first-order valence-corrected chi connectivity index (χ1v) is 9.85. The number of hydrogen-bond acceptors (Lipinski definition) is 3. The molecular formula is C19H24N2O3S. The second-order valence-electron chi connectivity index (χ2n) is 5.99. The third-order valence-electron chi connectivity index (χ3n) is 3.90. The first-order chi connectivity index (χ1) is 11.9. The van der Waals surface area contributed by atoms with E-state index in [4.69, 9.17) is 0 Å². The van der Waals surface area contributed by atoms with Gasteiger partial charge in [-0.2, -0.15) is 0 Å². The van der Waals surface area contributed by atoms with Gasteiger partial charge < -0.3 is 5.32 Å². The normalized spacial score (nSPS) is 12.6. The minimum Gasteiger partial charge on any atom is -0.326 e. The van der Waals surface area contributed by atoms with E-state index >= 15 is 0 Å². The summed E-state index contributed by atoms with van der Waals surface area (Å²) in [6, 6.07) is 15.9. The van der Waals surface area contributed by atoms with Crippen LogP contribution < -0.4 is 10.0 Å². The molecule has 25 heavy (non-hydrogen) atoms. The number of amides is 1. The lowest BCUT2D eigenvalue weighted by atomic mass is 10.1. The SMILES string of the molecule is CC[C@@H](C)NS(=O)(=O)c1ccc(NC(=O)CCc2ccccc2)cc1. The summed E-state index contributed by atoms with van der Waals surface area (Å²) in [4.78, 5) is 12.2. The Morgan fingerprint density at radius 3 is 2.28 bits per heavy atom. The maximum absolute atomic E-state index is 12.2. The van der Waals surface area contributed by atoms with Gasteiger partial charge in [0.15, 0.2) is 0 Å². The van der Waals surface area contributed by atoms with Crippen LogP contribution in [-0.2, 0) is 21.2 Å². The standard InChI is InChI=1S/C19H24N2O3S/c1-3-15(2)21-25(23,24)18-12-10-17(11-13-18)20-19(22)14-9-16-7-5-4-6-8-16/h4-8,10-13,15,21H,3,9,14H2,1-2H3,(H,20,22)/t15-/m1/s1. The second kappa shape index (κ2) is 8.78. The molecule has 0 saturated heterocycles. The number of benzene rings is 2. The van der Waals surface area contributed by atoms with Gasteiger partial charge in [-0.15, -0.1) is 0 Å². The average molecular weight is 360 g/mol. The number of nitrogens with one attached hydrogen (secondary N) is 2. The van der Waals surface area contributed by atoms with E-state index in [1.165, 1.54) is 12.1 Å². The topological polar surface area (TPSA) is 75.3 Å². The van der Waals surface area contributed by atoms with Crippen LogP contribution in [0, 0.1) is 0 Å². The first kappa shape index (κ1) is 19.1. The van der Waals surface area contributed by atoms with Gasteiger partial charge in [0.1, 0.15) is 0 Å². The molecule has 2 N–H and O–H groups in total. The Morgan fingerprint density at radius 2 is 1.68 bits per heavy atom. The predicted molar refractivity (Wildman–Crippen MR) is 99.9 cm³/mol. The van der Waals surface area contributed by atoms with Crippen molar-refractivity contribution in [2.75, 3.05) is 5.32 Å². The van der Waals surface area contributed by atoms with Crippen molar-refractivity contribution in [3.8, 4) is 0 Å². The van der Waals surface area contributed by atoms with Crippen LogP contribution in [0.3, 0.4) is 0 Å². The highest BCUT2D eigenvalue weighted by atomic mass is 32.2. The molecule has 0 aliphatic carbocycles. The van der Waals surface area contributed by atoms with Gasteiger partial charge in [0, 0.05) is 18.2 Å². The van der Waals surface area contributed by atoms with E-state index in [2.05, 4.69) is 10.0 Å². The Morgan fingerprint density at radius 1 is 1.04 bits per heavy atom. The van der Waals surface area contributed by atoms with Crippen LogP contribution in [0.4, 0.5) is 5.69 Å². The molecule has 0 heterocycles. The number of hydrogen-bond donors (Lipinski definition) is 2. The van der Waals surface area contributed by atoms with Crippen molar-refractivity contribution < 1.29 is 13.2 Å². The van der Waals surface area contributed by atoms with Crippen LogP contribution in [0.5, 0.6) is 0 Å². The highest BCUT2D eigenvalue weighted by molar-refractivity contribution is 7.89. The fourth-order valence-corrected chi connectivity index (χ4v) is 3.59. The van der Waals surface area contributed by atoms with E-state index in [1.807, 2.05) is 44.2 Å². The molecule has 0 radical (unpaired) electrons. The Balaban J connectivity index is 1.92. The van der Waals surface area contributed by atoms with E-state index < -0.39 is 10.0 Å². The summed E-state index contributed by atoms with van der Waals surface area (Å²) < 4.78 is 27.0. The number of carbonyl (C=O) groups is 1. The molecule has 134 valence electrons. The molecule has 0 fully saturated rings. The zero-order valence-corrected chi connectivity index (χ0v) is 15.3. The largest absolute Gasteiger partial charge is 0.326 e. The molecule has 0 unspecified atom stereocenters. The van der Waals surface area contributed by atoms with Gasteiger partial charge >= 0.3 is 0 Å². The number of rotatable bonds is 8. The van der Waals surface area contributed by atoms with Gasteiger partial charge in [-0.05, 0) is 49.6 Å². The third kappa shape index (κ3) is 5.99. The Hall–Kier alpha value is -2.18. The van der Waals surface area contributed by atoms with Crippen LogP contribution in [0.15, 0.2) is 59.5 Å². The monoisotopic (exact) mass is 360 g/mol. The van der Waals surface area contributed by atoms with Crippen molar-refractivity contribution in [1.82, 2.24) is 4.72 Å². The number of anilines is 1. The third-order valence-corrected chi connectivity index (χ3v) is 5.51. The van der Waals surface area contributed by atoms with Crippen molar-refractivity contribution in [1.29, 1.82) is 0 Å².